The first-order valence-corrected chi connectivity index (χ1v) is 32.2. The molecule has 0 aliphatic carbocycles. The number of hydrogen-bond acceptors (Lipinski definition) is 6. The molecule has 0 N–H and O–H groups in total. The molecular formula is C24H54AlP3S6. The minimum absolute atomic E-state index is 1.27. The monoisotopic (exact) mass is 654 g/mol. The molecule has 204 valence electrons. The molecule has 0 fully saturated rings. The first kappa shape index (κ1) is 37.5. The van der Waals surface area contributed by atoms with Gasteiger partial charge in [0.15, 0.2) is 0 Å². The van der Waals surface area contributed by atoms with Crippen LogP contribution in [-0.2, 0) is 35.4 Å². The van der Waals surface area contributed by atoms with E-state index in [9.17, 15) is 0 Å². The molecule has 0 saturated heterocycles. The van der Waals surface area contributed by atoms with E-state index in [4.69, 9.17) is 35.4 Å². The molecule has 0 heterocycles. The van der Waals surface area contributed by atoms with Gasteiger partial charge in [0.25, 0.3) is 0 Å². The molecule has 34 heavy (non-hydrogen) atoms. The fourth-order valence-corrected chi connectivity index (χ4v) is 90.6. The SMILES string of the molecule is CCCCP(=S)(CCCC)[S][Al]([S]P(=S)(CCCC)CCCC)[S]P(=S)(CCCC)CCCC. The topological polar surface area (TPSA) is 0 Å². The first-order chi connectivity index (χ1) is 16.1. The van der Waals surface area contributed by atoms with Gasteiger partial charge < -0.3 is 0 Å². The van der Waals surface area contributed by atoms with Crippen LogP contribution in [0, 0.1) is 0 Å². The van der Waals surface area contributed by atoms with Crippen molar-refractivity contribution in [2.24, 2.45) is 0 Å². The maximum Gasteiger partial charge on any atom is 0.530 e. The van der Waals surface area contributed by atoms with E-state index in [2.05, 4.69) is 70.8 Å². The second-order valence-corrected chi connectivity index (χ2v) is 47.5. The van der Waals surface area contributed by atoms with Crippen LogP contribution in [-0.4, -0.2) is 47.7 Å². The summed E-state index contributed by atoms with van der Waals surface area (Å²) in [6.45, 7) is 14.0. The third-order valence-corrected chi connectivity index (χ3v) is 61.1. The summed E-state index contributed by atoms with van der Waals surface area (Å²) >= 11 is 19.7. The van der Waals surface area contributed by atoms with Crippen LogP contribution in [0.25, 0.3) is 0 Å². The van der Waals surface area contributed by atoms with E-state index in [1.807, 2.05) is 0 Å². The summed E-state index contributed by atoms with van der Waals surface area (Å²) in [5, 5.41) is -4.11. The summed E-state index contributed by atoms with van der Waals surface area (Å²) in [4.78, 5) is 0. The van der Waals surface area contributed by atoms with Gasteiger partial charge in [-0.1, -0.05) is 115 Å². The van der Waals surface area contributed by atoms with E-state index < -0.39 is 26.5 Å². The predicted molar refractivity (Wildman–Crippen MR) is 190 cm³/mol. The van der Waals surface area contributed by atoms with E-state index in [0.717, 1.165) is 0 Å². The molecular weight excluding hydrogens is 601 g/mol. The van der Waals surface area contributed by atoms with Crippen molar-refractivity contribution in [3.05, 3.63) is 0 Å². The Bertz CT molecular complexity index is 525. The highest BCUT2D eigenvalue weighted by molar-refractivity contribution is 9.12. The molecule has 0 spiro atoms. The van der Waals surface area contributed by atoms with Crippen LogP contribution in [0.15, 0.2) is 0 Å². The smallest absolute Gasteiger partial charge is 0.192 e. The minimum atomic E-state index is -1.37. The highest BCUT2D eigenvalue weighted by atomic mass is 33.2. The second kappa shape index (κ2) is 22.2. The highest BCUT2D eigenvalue weighted by Gasteiger charge is 2.38. The predicted octanol–water partition coefficient (Wildman–Crippen LogP) is 12.2. The number of unbranched alkanes of at least 4 members (excludes halogenated alkanes) is 6. The van der Waals surface area contributed by atoms with Crippen molar-refractivity contribution >= 4 is 91.1 Å². The van der Waals surface area contributed by atoms with Gasteiger partial charge in [0.1, 0.15) is 0 Å². The lowest BCUT2D eigenvalue weighted by molar-refractivity contribution is 0.872. The van der Waals surface area contributed by atoms with Crippen LogP contribution in [0.5, 0.6) is 0 Å². The Morgan fingerprint density at radius 3 is 0.735 bits per heavy atom. The highest BCUT2D eigenvalue weighted by Crippen LogP contribution is 2.75. The molecule has 0 aliphatic rings. The average Bonchev–Trinajstić information content (AvgIpc) is 2.81. The number of hydrogen-bond donors (Lipinski definition) is 0. The van der Waals surface area contributed by atoms with Crippen LogP contribution in [0.3, 0.4) is 0 Å². The standard InChI is InChI=1S/3C8H19PS2.Al/c3*1-3-5-7-9(10,11)8-6-4-2;/h3*3-8H2,1-2H3,(H,10,11);/q;;;+3/p-3. The van der Waals surface area contributed by atoms with Crippen LogP contribution < -0.4 is 0 Å². The average molecular weight is 655 g/mol. The van der Waals surface area contributed by atoms with Crippen molar-refractivity contribution in [2.45, 2.75) is 119 Å². The molecule has 0 nitrogen and oxygen atoms in total. The molecule has 0 aromatic carbocycles. The molecule has 0 aliphatic heterocycles. The summed E-state index contributed by atoms with van der Waals surface area (Å²) in [6, 6.07) is 0. The zero-order valence-electron chi connectivity index (χ0n) is 23.1. The summed E-state index contributed by atoms with van der Waals surface area (Å²) in [6.07, 6.45) is 23.3. The summed E-state index contributed by atoms with van der Waals surface area (Å²) in [5.41, 5.74) is 0. The van der Waals surface area contributed by atoms with E-state index >= 15 is 0 Å². The Kier molecular flexibility index (Phi) is 24.6. The zero-order valence-corrected chi connectivity index (χ0v) is 31.8. The van der Waals surface area contributed by atoms with E-state index in [1.165, 1.54) is 114 Å². The van der Waals surface area contributed by atoms with Crippen molar-refractivity contribution in [2.75, 3.05) is 37.0 Å². The van der Waals surface area contributed by atoms with Crippen molar-refractivity contribution in [1.29, 1.82) is 0 Å². The fraction of sp³-hybridized carbons (Fsp3) is 1.00. The van der Waals surface area contributed by atoms with E-state index in [-0.39, 0.29) is 0 Å². The maximum absolute atomic E-state index is 6.58. The Morgan fingerprint density at radius 1 is 0.412 bits per heavy atom. The quantitative estimate of drug-likeness (QED) is 0.0745. The van der Waals surface area contributed by atoms with Gasteiger partial charge in [0.2, 0.25) is 0 Å². The van der Waals surface area contributed by atoms with Crippen LogP contribution in [0.2, 0.25) is 0 Å². The third-order valence-electron chi connectivity index (χ3n) is 5.95. The normalized spacial score (nSPS) is 12.9. The van der Waals surface area contributed by atoms with Crippen LogP contribution >= 0.6 is 45.0 Å². The van der Waals surface area contributed by atoms with Gasteiger partial charge >= 0.3 is 10.8 Å². The Morgan fingerprint density at radius 2 is 0.588 bits per heavy atom. The molecule has 0 aromatic heterocycles. The lowest BCUT2D eigenvalue weighted by atomic mass is 10.4. The van der Waals surface area contributed by atoms with Crippen molar-refractivity contribution in [1.82, 2.24) is 0 Å². The van der Waals surface area contributed by atoms with Gasteiger partial charge in [-0.25, -0.2) is 0 Å². The van der Waals surface area contributed by atoms with Gasteiger partial charge in [-0.15, -0.1) is 0 Å². The molecule has 0 aromatic rings. The van der Waals surface area contributed by atoms with Crippen LogP contribution in [0.1, 0.15) is 119 Å². The van der Waals surface area contributed by atoms with Gasteiger partial charge in [0, 0.05) is 0 Å². The van der Waals surface area contributed by atoms with Crippen molar-refractivity contribution in [3.63, 3.8) is 0 Å². The molecule has 0 saturated carbocycles. The summed E-state index contributed by atoms with van der Waals surface area (Å²) in [7, 11) is 5.84. The maximum atomic E-state index is 6.58. The Hall–Kier alpha value is 3.53. The molecule has 0 unspecified atom stereocenters. The van der Waals surface area contributed by atoms with E-state index in [1.54, 1.807) is 0 Å². The third kappa shape index (κ3) is 18.0. The minimum Gasteiger partial charge on any atom is -0.192 e. The van der Waals surface area contributed by atoms with Gasteiger partial charge in [-0.2, -0.15) is 29.2 Å². The lowest BCUT2D eigenvalue weighted by Gasteiger charge is -2.32. The zero-order chi connectivity index (χ0) is 25.9. The molecule has 0 radical (unpaired) electrons. The second-order valence-electron chi connectivity index (χ2n) is 9.51. The van der Waals surface area contributed by atoms with Crippen molar-refractivity contribution < 1.29 is 0 Å². The van der Waals surface area contributed by atoms with Gasteiger partial charge in [-0.3, -0.25) is 0 Å². The van der Waals surface area contributed by atoms with Crippen LogP contribution in [0.4, 0.5) is 0 Å². The summed E-state index contributed by atoms with van der Waals surface area (Å²) in [5.74, 6) is 0. The fourth-order valence-electron chi connectivity index (χ4n) is 3.57. The molecule has 0 amide bonds. The number of rotatable bonds is 24. The van der Waals surface area contributed by atoms with E-state index in [0.29, 0.717) is 0 Å². The molecule has 0 atom stereocenters. The molecule has 0 bridgehead atoms. The lowest BCUT2D eigenvalue weighted by Crippen LogP contribution is -2.06. The molecule has 0 rings (SSSR count). The Balaban J connectivity index is 6.03. The first-order valence-electron chi connectivity index (χ1n) is 13.9. The van der Waals surface area contributed by atoms with Gasteiger partial charge in [-0.05, 0) is 91.2 Å². The Labute approximate surface area is 244 Å². The molecule has 10 heteroatoms. The van der Waals surface area contributed by atoms with Gasteiger partial charge in [0.05, 0.1) is 0 Å². The largest absolute Gasteiger partial charge is 0.530 e. The summed E-state index contributed by atoms with van der Waals surface area (Å²) < 4.78 is 0. The van der Waals surface area contributed by atoms with Crippen molar-refractivity contribution in [3.8, 4) is 0 Å².